The van der Waals surface area contributed by atoms with Crippen LogP contribution in [0.2, 0.25) is 0 Å². The maximum Gasteiger partial charge on any atom is 0.178 e. The third kappa shape index (κ3) is 3.26. The van der Waals surface area contributed by atoms with Gasteiger partial charge in [-0.25, -0.2) is 15.0 Å². The van der Waals surface area contributed by atoms with Gasteiger partial charge in [-0.05, 0) is 44.1 Å². The van der Waals surface area contributed by atoms with Crippen LogP contribution in [-0.4, -0.2) is 15.0 Å². The van der Waals surface area contributed by atoms with Gasteiger partial charge in [0.15, 0.2) is 5.82 Å². The van der Waals surface area contributed by atoms with Crippen LogP contribution < -0.4 is 0 Å². The van der Waals surface area contributed by atoms with Crippen LogP contribution in [0.4, 0.5) is 0 Å². The Morgan fingerprint density at radius 3 is 2.32 bits per heavy atom. The third-order valence-electron chi connectivity index (χ3n) is 4.11. The summed E-state index contributed by atoms with van der Waals surface area (Å²) in [7, 11) is 0. The number of rotatable bonds is 4. The maximum absolute atomic E-state index is 4.82. The van der Waals surface area contributed by atoms with E-state index in [4.69, 9.17) is 4.98 Å². The van der Waals surface area contributed by atoms with Crippen molar-refractivity contribution in [1.82, 2.24) is 15.0 Å². The molecule has 0 unspecified atom stereocenters. The molecule has 1 aromatic carbocycles. The summed E-state index contributed by atoms with van der Waals surface area (Å²) in [4.78, 5) is 14.1. The van der Waals surface area contributed by atoms with Crippen molar-refractivity contribution in [2.45, 2.75) is 20.8 Å². The van der Waals surface area contributed by atoms with Crippen molar-refractivity contribution >= 4 is 11.6 Å². The van der Waals surface area contributed by atoms with E-state index in [1.807, 2.05) is 38.1 Å². The summed E-state index contributed by atoms with van der Waals surface area (Å²) in [5.41, 5.74) is 7.47. The fourth-order valence-corrected chi connectivity index (χ4v) is 2.93. The molecule has 3 heteroatoms. The molecule has 124 valence electrons. The highest BCUT2D eigenvalue weighted by Crippen LogP contribution is 2.27. The molecule has 3 aromatic rings. The molecule has 0 aliphatic carbocycles. The van der Waals surface area contributed by atoms with E-state index in [2.05, 4.69) is 48.2 Å². The van der Waals surface area contributed by atoms with E-state index in [1.54, 1.807) is 6.08 Å². The van der Waals surface area contributed by atoms with Crippen LogP contribution in [0.25, 0.3) is 34.4 Å². The second-order valence-electron chi connectivity index (χ2n) is 6.11. The van der Waals surface area contributed by atoms with Crippen molar-refractivity contribution in [3.63, 3.8) is 0 Å². The number of allylic oxidation sites excluding steroid dienone is 1. The molecule has 0 saturated heterocycles. The van der Waals surface area contributed by atoms with Crippen molar-refractivity contribution < 1.29 is 0 Å². The summed E-state index contributed by atoms with van der Waals surface area (Å²) in [5.74, 6) is 0.606. The highest BCUT2D eigenvalue weighted by molar-refractivity contribution is 5.73. The van der Waals surface area contributed by atoms with Gasteiger partial charge in [-0.2, -0.15) is 0 Å². The van der Waals surface area contributed by atoms with Gasteiger partial charge >= 0.3 is 0 Å². The zero-order valence-corrected chi connectivity index (χ0v) is 14.9. The fourth-order valence-electron chi connectivity index (χ4n) is 2.93. The predicted octanol–water partition coefficient (Wildman–Crippen LogP) is 5.50. The smallest absolute Gasteiger partial charge is 0.178 e. The SMILES string of the molecule is C=Cc1nc(-c2ccc(C)c(-c3ccccc3)n2)nc(C)c1C(=C)C. The zero-order valence-electron chi connectivity index (χ0n) is 14.9. The Morgan fingerprint density at radius 2 is 1.68 bits per heavy atom. The minimum absolute atomic E-state index is 0.606. The standard InChI is InChI=1S/C22H21N3/c1-6-18-20(14(2)3)16(5)23-22(25-18)19-13-12-15(4)21(24-19)17-10-8-7-9-11-17/h6-13H,1-2H2,3-5H3. The number of aromatic nitrogens is 3. The second kappa shape index (κ2) is 6.81. The summed E-state index contributed by atoms with van der Waals surface area (Å²) >= 11 is 0. The topological polar surface area (TPSA) is 38.7 Å². The predicted molar refractivity (Wildman–Crippen MR) is 105 cm³/mol. The monoisotopic (exact) mass is 327 g/mol. The molecule has 2 heterocycles. The Bertz CT molecular complexity index is 957. The molecule has 0 aliphatic rings. The molecule has 25 heavy (non-hydrogen) atoms. The van der Waals surface area contributed by atoms with Crippen molar-refractivity contribution in [3.8, 4) is 22.8 Å². The molecule has 0 aliphatic heterocycles. The first-order valence-corrected chi connectivity index (χ1v) is 8.21. The number of aryl methyl sites for hydroxylation is 2. The summed E-state index contributed by atoms with van der Waals surface area (Å²) in [5, 5.41) is 0. The Morgan fingerprint density at radius 1 is 0.960 bits per heavy atom. The van der Waals surface area contributed by atoms with Crippen LogP contribution in [0.1, 0.15) is 29.4 Å². The fraction of sp³-hybridized carbons (Fsp3) is 0.136. The summed E-state index contributed by atoms with van der Waals surface area (Å²) in [6, 6.07) is 14.2. The molecule has 0 bridgehead atoms. The Hall–Kier alpha value is -3.07. The van der Waals surface area contributed by atoms with Crippen LogP contribution in [0.5, 0.6) is 0 Å². The number of benzene rings is 1. The molecule has 2 aromatic heterocycles. The highest BCUT2D eigenvalue weighted by Gasteiger charge is 2.14. The van der Waals surface area contributed by atoms with Crippen molar-refractivity contribution in [3.05, 3.63) is 78.1 Å². The minimum atomic E-state index is 0.606. The van der Waals surface area contributed by atoms with Gasteiger partial charge in [0.1, 0.15) is 5.69 Å². The molecule has 0 spiro atoms. The van der Waals surface area contributed by atoms with Crippen molar-refractivity contribution in [2.75, 3.05) is 0 Å². The van der Waals surface area contributed by atoms with Crippen LogP contribution in [-0.2, 0) is 0 Å². The summed E-state index contributed by atoms with van der Waals surface area (Å²) < 4.78 is 0. The van der Waals surface area contributed by atoms with Crippen molar-refractivity contribution in [1.29, 1.82) is 0 Å². The molecule has 3 nitrogen and oxygen atoms in total. The van der Waals surface area contributed by atoms with Crippen LogP contribution in [0.3, 0.4) is 0 Å². The van der Waals surface area contributed by atoms with E-state index < -0.39 is 0 Å². The first kappa shape index (κ1) is 16.8. The Kier molecular flexibility index (Phi) is 4.57. The second-order valence-corrected chi connectivity index (χ2v) is 6.11. The number of hydrogen-bond acceptors (Lipinski definition) is 3. The van der Waals surface area contributed by atoms with Gasteiger partial charge < -0.3 is 0 Å². The lowest BCUT2D eigenvalue weighted by atomic mass is 10.0. The third-order valence-corrected chi connectivity index (χ3v) is 4.11. The Balaban J connectivity index is 2.16. The lowest BCUT2D eigenvalue weighted by Crippen LogP contribution is -2.03. The molecule has 0 atom stereocenters. The lowest BCUT2D eigenvalue weighted by Gasteiger charge is -2.12. The molecule has 0 saturated carbocycles. The zero-order chi connectivity index (χ0) is 18.0. The maximum atomic E-state index is 4.82. The van der Waals surface area contributed by atoms with Gasteiger partial charge in [0, 0.05) is 16.8 Å². The van der Waals surface area contributed by atoms with E-state index in [1.165, 1.54) is 0 Å². The van der Waals surface area contributed by atoms with Gasteiger partial charge in [0.25, 0.3) is 0 Å². The van der Waals surface area contributed by atoms with E-state index >= 15 is 0 Å². The average molecular weight is 327 g/mol. The Labute approximate surface area is 148 Å². The van der Waals surface area contributed by atoms with Crippen molar-refractivity contribution in [2.24, 2.45) is 0 Å². The molecule has 0 amide bonds. The van der Waals surface area contributed by atoms with E-state index in [9.17, 15) is 0 Å². The molecule has 3 rings (SSSR count). The molecule has 0 N–H and O–H groups in total. The number of nitrogens with zero attached hydrogens (tertiary/aromatic N) is 3. The first-order valence-electron chi connectivity index (χ1n) is 8.21. The molecular formula is C22H21N3. The van der Waals surface area contributed by atoms with Gasteiger partial charge in [0.05, 0.1) is 11.4 Å². The molecule has 0 fully saturated rings. The quantitative estimate of drug-likeness (QED) is 0.635. The largest absolute Gasteiger partial charge is 0.244 e. The molecular weight excluding hydrogens is 306 g/mol. The van der Waals surface area contributed by atoms with Gasteiger partial charge in [-0.3, -0.25) is 0 Å². The summed E-state index contributed by atoms with van der Waals surface area (Å²) in [6.45, 7) is 13.9. The first-order chi connectivity index (χ1) is 12.0. The highest BCUT2D eigenvalue weighted by atomic mass is 14.9. The number of pyridine rings is 1. The minimum Gasteiger partial charge on any atom is -0.244 e. The normalized spacial score (nSPS) is 10.5. The molecule has 0 radical (unpaired) electrons. The van der Waals surface area contributed by atoms with Gasteiger partial charge in [0.2, 0.25) is 0 Å². The van der Waals surface area contributed by atoms with Crippen LogP contribution in [0.15, 0.2) is 55.6 Å². The van der Waals surface area contributed by atoms with Crippen LogP contribution in [0, 0.1) is 13.8 Å². The van der Waals surface area contributed by atoms with E-state index in [0.29, 0.717) is 5.82 Å². The van der Waals surface area contributed by atoms with Gasteiger partial charge in [-0.15, -0.1) is 0 Å². The number of hydrogen-bond donors (Lipinski definition) is 0. The van der Waals surface area contributed by atoms with Gasteiger partial charge in [-0.1, -0.05) is 49.6 Å². The van der Waals surface area contributed by atoms with E-state index in [0.717, 1.165) is 45.0 Å². The summed E-state index contributed by atoms with van der Waals surface area (Å²) in [6.07, 6.45) is 1.74. The average Bonchev–Trinajstić information content (AvgIpc) is 2.61. The lowest BCUT2D eigenvalue weighted by molar-refractivity contribution is 1.06. The van der Waals surface area contributed by atoms with Crippen LogP contribution >= 0.6 is 0 Å². The van der Waals surface area contributed by atoms with E-state index in [-0.39, 0.29) is 0 Å².